The van der Waals surface area contributed by atoms with Crippen molar-refractivity contribution in [2.24, 2.45) is 0 Å². The number of hydrogen-bond donors (Lipinski definition) is 0. The van der Waals surface area contributed by atoms with Crippen LogP contribution in [0.3, 0.4) is 0 Å². The van der Waals surface area contributed by atoms with Crippen molar-refractivity contribution in [3.8, 4) is 6.07 Å². The summed E-state index contributed by atoms with van der Waals surface area (Å²) in [4.78, 5) is 10.4. The predicted octanol–water partition coefficient (Wildman–Crippen LogP) is 5.97. The van der Waals surface area contributed by atoms with Gasteiger partial charge in [-0.2, -0.15) is 5.26 Å². The molecule has 1 aromatic heterocycles. The standard InChI is InChI=1S/C25H19N3O2/c1-18-6-8-19(9-7-18)16-27-17-22(24-4-2-3-5-25(24)27)14-21(15-26)20-10-12-23(13-11-20)28(29)30/h2-14,17H,16H2,1H3. The molecule has 0 aliphatic heterocycles. The summed E-state index contributed by atoms with van der Waals surface area (Å²) < 4.78 is 2.18. The number of nitro benzene ring substituents is 1. The molecule has 0 saturated heterocycles. The number of nitrogens with zero attached hydrogens (tertiary/aromatic N) is 3. The molecule has 146 valence electrons. The van der Waals surface area contributed by atoms with Crippen molar-refractivity contribution >= 4 is 28.2 Å². The number of aryl methyl sites for hydroxylation is 1. The molecule has 30 heavy (non-hydrogen) atoms. The Morgan fingerprint density at radius 1 is 1.07 bits per heavy atom. The molecule has 0 aliphatic carbocycles. The Bertz CT molecular complexity index is 1290. The summed E-state index contributed by atoms with van der Waals surface area (Å²) in [5.74, 6) is 0. The Labute approximate surface area is 174 Å². The summed E-state index contributed by atoms with van der Waals surface area (Å²) in [6, 6.07) is 24.8. The monoisotopic (exact) mass is 393 g/mol. The normalized spacial score (nSPS) is 11.4. The first-order valence-corrected chi connectivity index (χ1v) is 9.55. The number of aromatic nitrogens is 1. The van der Waals surface area contributed by atoms with Crippen LogP contribution in [0.1, 0.15) is 22.3 Å². The SMILES string of the molecule is Cc1ccc(Cn2cc(C=C(C#N)c3ccc([N+](=O)[O-])cc3)c3ccccc32)cc1. The van der Waals surface area contributed by atoms with E-state index in [-0.39, 0.29) is 5.69 Å². The van der Waals surface area contributed by atoms with Crippen LogP contribution in [0.25, 0.3) is 22.6 Å². The van der Waals surface area contributed by atoms with E-state index in [9.17, 15) is 15.4 Å². The van der Waals surface area contributed by atoms with Gasteiger partial charge in [0.2, 0.25) is 0 Å². The number of rotatable bonds is 5. The third kappa shape index (κ3) is 3.85. The third-order valence-corrected chi connectivity index (χ3v) is 5.10. The topological polar surface area (TPSA) is 71.9 Å². The van der Waals surface area contributed by atoms with Gasteiger partial charge in [-0.3, -0.25) is 10.1 Å². The van der Waals surface area contributed by atoms with Crippen molar-refractivity contribution in [3.05, 3.63) is 111 Å². The molecule has 3 aromatic carbocycles. The molecule has 0 bridgehead atoms. The molecule has 4 rings (SSSR count). The lowest BCUT2D eigenvalue weighted by molar-refractivity contribution is -0.384. The Balaban J connectivity index is 1.75. The first-order valence-electron chi connectivity index (χ1n) is 9.55. The minimum atomic E-state index is -0.446. The molecular formula is C25H19N3O2. The number of non-ortho nitro benzene ring substituents is 1. The highest BCUT2D eigenvalue weighted by Crippen LogP contribution is 2.27. The summed E-state index contributed by atoms with van der Waals surface area (Å²) in [5, 5.41) is 21.6. The second-order valence-electron chi connectivity index (χ2n) is 7.19. The zero-order valence-corrected chi connectivity index (χ0v) is 16.4. The fourth-order valence-electron chi connectivity index (χ4n) is 3.51. The van der Waals surface area contributed by atoms with Crippen LogP contribution in [-0.4, -0.2) is 9.49 Å². The van der Waals surface area contributed by atoms with Crippen LogP contribution < -0.4 is 0 Å². The van der Waals surface area contributed by atoms with Crippen LogP contribution in [0.4, 0.5) is 5.69 Å². The average Bonchev–Trinajstić information content (AvgIpc) is 3.11. The second kappa shape index (κ2) is 8.06. The highest BCUT2D eigenvalue weighted by atomic mass is 16.6. The lowest BCUT2D eigenvalue weighted by atomic mass is 10.0. The molecule has 0 amide bonds. The molecule has 0 spiro atoms. The van der Waals surface area contributed by atoms with Gasteiger partial charge in [0.1, 0.15) is 0 Å². The smallest absolute Gasteiger partial charge is 0.269 e. The van der Waals surface area contributed by atoms with Crippen LogP contribution in [0.2, 0.25) is 0 Å². The van der Waals surface area contributed by atoms with Crippen molar-refractivity contribution in [3.63, 3.8) is 0 Å². The van der Waals surface area contributed by atoms with E-state index in [0.717, 1.165) is 23.0 Å². The highest BCUT2D eigenvalue weighted by Gasteiger charge is 2.11. The molecule has 0 fully saturated rings. The minimum Gasteiger partial charge on any atom is -0.342 e. The molecule has 0 saturated carbocycles. The molecule has 0 aliphatic rings. The van der Waals surface area contributed by atoms with Gasteiger partial charge in [0.15, 0.2) is 0 Å². The van der Waals surface area contributed by atoms with Crippen molar-refractivity contribution < 1.29 is 4.92 Å². The summed E-state index contributed by atoms with van der Waals surface area (Å²) in [7, 11) is 0. The third-order valence-electron chi connectivity index (χ3n) is 5.10. The second-order valence-corrected chi connectivity index (χ2v) is 7.19. The Morgan fingerprint density at radius 3 is 2.43 bits per heavy atom. The Morgan fingerprint density at radius 2 is 1.77 bits per heavy atom. The average molecular weight is 393 g/mol. The quantitative estimate of drug-likeness (QED) is 0.238. The van der Waals surface area contributed by atoms with Gasteiger partial charge in [0.25, 0.3) is 5.69 Å². The number of hydrogen-bond acceptors (Lipinski definition) is 3. The van der Waals surface area contributed by atoms with Gasteiger partial charge in [0.05, 0.1) is 16.6 Å². The largest absolute Gasteiger partial charge is 0.342 e. The first-order chi connectivity index (χ1) is 14.5. The molecule has 0 N–H and O–H groups in total. The van der Waals surface area contributed by atoms with E-state index in [1.165, 1.54) is 23.3 Å². The maximum absolute atomic E-state index is 10.9. The van der Waals surface area contributed by atoms with E-state index in [0.29, 0.717) is 11.1 Å². The molecule has 5 nitrogen and oxygen atoms in total. The van der Waals surface area contributed by atoms with Crippen molar-refractivity contribution in [2.45, 2.75) is 13.5 Å². The van der Waals surface area contributed by atoms with Crippen molar-refractivity contribution in [1.29, 1.82) is 5.26 Å². The van der Waals surface area contributed by atoms with Gasteiger partial charge in [-0.05, 0) is 42.3 Å². The van der Waals surface area contributed by atoms with Crippen LogP contribution in [0.5, 0.6) is 0 Å². The Hall–Kier alpha value is -4.17. The van der Waals surface area contributed by atoms with Gasteiger partial charge < -0.3 is 4.57 Å². The summed E-state index contributed by atoms with van der Waals surface area (Å²) in [6.45, 7) is 2.80. The predicted molar refractivity (Wildman–Crippen MR) is 119 cm³/mol. The van der Waals surface area contributed by atoms with Gasteiger partial charge in [-0.1, -0.05) is 48.0 Å². The van der Waals surface area contributed by atoms with E-state index in [1.54, 1.807) is 12.1 Å². The van der Waals surface area contributed by atoms with E-state index in [4.69, 9.17) is 0 Å². The number of allylic oxidation sites excluding steroid dienone is 1. The maximum Gasteiger partial charge on any atom is 0.269 e. The molecule has 1 heterocycles. The van der Waals surface area contributed by atoms with E-state index < -0.39 is 4.92 Å². The molecule has 0 atom stereocenters. The number of nitriles is 1. The Kier molecular flexibility index (Phi) is 5.15. The van der Waals surface area contributed by atoms with Gasteiger partial charge in [-0.15, -0.1) is 0 Å². The molecule has 0 unspecified atom stereocenters. The fraction of sp³-hybridized carbons (Fsp3) is 0.0800. The fourth-order valence-corrected chi connectivity index (χ4v) is 3.51. The van der Waals surface area contributed by atoms with Crippen LogP contribution in [-0.2, 0) is 6.54 Å². The van der Waals surface area contributed by atoms with Crippen LogP contribution in [0.15, 0.2) is 79.0 Å². The summed E-state index contributed by atoms with van der Waals surface area (Å²) in [6.07, 6.45) is 3.89. The van der Waals surface area contributed by atoms with Gasteiger partial charge in [0, 0.05) is 41.3 Å². The molecular weight excluding hydrogens is 374 g/mol. The summed E-state index contributed by atoms with van der Waals surface area (Å²) in [5.41, 5.74) is 5.57. The number of benzene rings is 3. The number of nitro groups is 1. The molecule has 5 heteroatoms. The van der Waals surface area contributed by atoms with Crippen LogP contribution >= 0.6 is 0 Å². The van der Waals surface area contributed by atoms with Gasteiger partial charge in [-0.25, -0.2) is 0 Å². The van der Waals surface area contributed by atoms with Crippen molar-refractivity contribution in [1.82, 2.24) is 4.57 Å². The highest BCUT2D eigenvalue weighted by molar-refractivity contribution is 5.98. The lowest BCUT2D eigenvalue weighted by Gasteiger charge is -2.06. The lowest BCUT2D eigenvalue weighted by Crippen LogP contribution is -1.97. The zero-order chi connectivity index (χ0) is 21.1. The van der Waals surface area contributed by atoms with Crippen LogP contribution in [0, 0.1) is 28.4 Å². The number of para-hydroxylation sites is 1. The first kappa shape index (κ1) is 19.2. The molecule has 0 radical (unpaired) electrons. The maximum atomic E-state index is 10.9. The summed E-state index contributed by atoms with van der Waals surface area (Å²) >= 11 is 0. The number of fused-ring (bicyclic) bond motifs is 1. The zero-order valence-electron chi connectivity index (χ0n) is 16.4. The van der Waals surface area contributed by atoms with Crippen molar-refractivity contribution in [2.75, 3.05) is 0 Å². The van der Waals surface area contributed by atoms with E-state index >= 15 is 0 Å². The minimum absolute atomic E-state index is 0.00532. The molecule has 4 aromatic rings. The van der Waals surface area contributed by atoms with E-state index in [2.05, 4.69) is 47.9 Å². The van der Waals surface area contributed by atoms with E-state index in [1.807, 2.05) is 30.5 Å². The van der Waals surface area contributed by atoms with Gasteiger partial charge >= 0.3 is 0 Å².